The molecule has 144 valence electrons. The Morgan fingerprint density at radius 2 is 1.79 bits per heavy atom. The Morgan fingerprint density at radius 3 is 2.59 bits per heavy atom. The maximum absolute atomic E-state index is 12.6. The number of nitrogens with one attached hydrogen (secondary N) is 2. The molecule has 0 bridgehead atoms. The number of hydrogen-bond acceptors (Lipinski definition) is 6. The van der Waals surface area contributed by atoms with E-state index in [4.69, 9.17) is 4.74 Å². The molecule has 0 fully saturated rings. The average molecular weight is 387 g/mol. The third-order valence-corrected chi connectivity index (χ3v) is 4.26. The normalized spacial score (nSPS) is 11.1. The first-order valence-corrected chi connectivity index (χ1v) is 8.76. The number of aromatic hydroxyl groups is 1. The van der Waals surface area contributed by atoms with Crippen molar-refractivity contribution in [3.8, 4) is 11.5 Å². The van der Waals surface area contributed by atoms with Crippen LogP contribution in [-0.4, -0.2) is 28.1 Å². The van der Waals surface area contributed by atoms with E-state index < -0.39 is 5.91 Å². The number of amides is 1. The molecule has 0 radical (unpaired) electrons. The number of phenolic OH excluding ortho intramolecular Hbond substituents is 1. The molecule has 0 saturated heterocycles. The molecule has 0 atom stereocenters. The van der Waals surface area contributed by atoms with E-state index in [1.54, 1.807) is 62.0 Å². The molecule has 3 aromatic carbocycles. The molecule has 0 saturated carbocycles. The minimum atomic E-state index is -0.456. The van der Waals surface area contributed by atoms with Gasteiger partial charge in [0, 0.05) is 5.69 Å². The summed E-state index contributed by atoms with van der Waals surface area (Å²) in [5, 5.41) is 21.1. The van der Waals surface area contributed by atoms with Gasteiger partial charge in [-0.25, -0.2) is 4.98 Å². The van der Waals surface area contributed by atoms with Crippen LogP contribution in [0.15, 0.2) is 77.2 Å². The molecule has 1 heterocycles. The fourth-order valence-corrected chi connectivity index (χ4v) is 2.74. The van der Waals surface area contributed by atoms with Crippen LogP contribution < -0.4 is 10.1 Å². The van der Waals surface area contributed by atoms with Crippen LogP contribution >= 0.6 is 0 Å². The van der Waals surface area contributed by atoms with E-state index in [1.165, 1.54) is 12.1 Å². The second-order valence-electron chi connectivity index (χ2n) is 6.19. The van der Waals surface area contributed by atoms with Gasteiger partial charge in [0.2, 0.25) is 0 Å². The molecule has 3 N–H and O–H groups in total. The first-order chi connectivity index (χ1) is 14.1. The fraction of sp³-hybridized carbons (Fsp3) is 0.0476. The number of carbonyl (C=O) groups is 1. The lowest BCUT2D eigenvalue weighted by atomic mass is 10.1. The number of carbonyl (C=O) groups excluding carboxylic acids is 1. The molecule has 0 spiro atoms. The van der Waals surface area contributed by atoms with Gasteiger partial charge in [0.25, 0.3) is 5.91 Å². The van der Waals surface area contributed by atoms with Gasteiger partial charge in [-0.15, -0.1) is 0 Å². The van der Waals surface area contributed by atoms with Gasteiger partial charge in [-0.1, -0.05) is 0 Å². The Morgan fingerprint density at radius 1 is 1.03 bits per heavy atom. The molecule has 0 aliphatic heterocycles. The van der Waals surface area contributed by atoms with Gasteiger partial charge in [0.05, 0.1) is 41.4 Å². The van der Waals surface area contributed by atoms with E-state index in [0.717, 1.165) is 16.8 Å². The van der Waals surface area contributed by atoms with Crippen LogP contribution in [0.5, 0.6) is 11.5 Å². The van der Waals surface area contributed by atoms with Gasteiger partial charge < -0.3 is 20.1 Å². The minimum absolute atomic E-state index is 0.0980. The number of benzene rings is 3. The van der Waals surface area contributed by atoms with Crippen molar-refractivity contribution in [1.82, 2.24) is 9.97 Å². The molecule has 4 rings (SSSR count). The number of methoxy groups -OCH3 is 1. The number of hydrogen-bond donors (Lipinski definition) is 3. The number of nitrogens with zero attached hydrogens (tertiary/aromatic N) is 3. The predicted octanol–water partition coefficient (Wildman–Crippen LogP) is 4.94. The highest BCUT2D eigenvalue weighted by Crippen LogP contribution is 2.27. The zero-order chi connectivity index (χ0) is 20.2. The lowest BCUT2D eigenvalue weighted by Gasteiger charge is -2.07. The number of rotatable bonds is 5. The fourth-order valence-electron chi connectivity index (χ4n) is 2.74. The van der Waals surface area contributed by atoms with Crippen LogP contribution in [0.2, 0.25) is 0 Å². The molecular weight excluding hydrogens is 370 g/mol. The van der Waals surface area contributed by atoms with Gasteiger partial charge >= 0.3 is 0 Å². The highest BCUT2D eigenvalue weighted by Gasteiger charge is 2.13. The highest BCUT2D eigenvalue weighted by molar-refractivity contribution is 6.07. The summed E-state index contributed by atoms with van der Waals surface area (Å²) < 4.78 is 5.11. The summed E-state index contributed by atoms with van der Waals surface area (Å²) in [5.41, 5.74) is 3.35. The van der Waals surface area contributed by atoms with E-state index in [1.807, 2.05) is 0 Å². The molecule has 8 nitrogen and oxygen atoms in total. The molecule has 0 unspecified atom stereocenters. The number of imidazole rings is 1. The third-order valence-electron chi connectivity index (χ3n) is 4.26. The van der Waals surface area contributed by atoms with Crippen molar-refractivity contribution in [2.24, 2.45) is 10.2 Å². The van der Waals surface area contributed by atoms with E-state index in [0.29, 0.717) is 17.1 Å². The van der Waals surface area contributed by atoms with E-state index in [-0.39, 0.29) is 11.3 Å². The Labute approximate surface area is 165 Å². The topological polar surface area (TPSA) is 112 Å². The highest BCUT2D eigenvalue weighted by atomic mass is 16.5. The number of aromatic nitrogens is 2. The van der Waals surface area contributed by atoms with Crippen LogP contribution in [0.25, 0.3) is 11.0 Å². The van der Waals surface area contributed by atoms with Crippen LogP contribution in [0.4, 0.5) is 17.1 Å². The third kappa shape index (κ3) is 4.06. The quantitative estimate of drug-likeness (QED) is 0.421. The number of azo groups is 1. The number of phenols is 1. The Balaban J connectivity index is 1.53. The van der Waals surface area contributed by atoms with Gasteiger partial charge in [-0.2, -0.15) is 10.2 Å². The van der Waals surface area contributed by atoms with Crippen LogP contribution in [0.3, 0.4) is 0 Å². The summed E-state index contributed by atoms with van der Waals surface area (Å²) in [6.07, 6.45) is 1.58. The number of aromatic amines is 1. The monoisotopic (exact) mass is 387 g/mol. The zero-order valence-corrected chi connectivity index (χ0v) is 15.5. The molecule has 0 aliphatic rings. The summed E-state index contributed by atoms with van der Waals surface area (Å²) >= 11 is 0. The smallest absolute Gasteiger partial charge is 0.259 e. The van der Waals surface area contributed by atoms with Crippen molar-refractivity contribution < 1.29 is 14.6 Å². The zero-order valence-electron chi connectivity index (χ0n) is 15.5. The molecule has 1 amide bonds. The Hall–Kier alpha value is -4.20. The van der Waals surface area contributed by atoms with Crippen LogP contribution in [-0.2, 0) is 0 Å². The largest absolute Gasteiger partial charge is 0.507 e. The number of anilines is 1. The van der Waals surface area contributed by atoms with Crippen LogP contribution in [0.1, 0.15) is 10.4 Å². The number of ether oxygens (including phenoxy) is 1. The van der Waals surface area contributed by atoms with E-state index >= 15 is 0 Å². The summed E-state index contributed by atoms with van der Waals surface area (Å²) in [6, 6.07) is 16.9. The van der Waals surface area contributed by atoms with E-state index in [2.05, 4.69) is 25.5 Å². The summed E-state index contributed by atoms with van der Waals surface area (Å²) in [5.74, 6) is 0.122. The number of H-pyrrole nitrogens is 1. The molecule has 1 aromatic heterocycles. The SMILES string of the molecule is COc1ccc(N=Nc2ccc(O)c(C(=O)Nc3ccc4nc[nH]c4c3)c2)cc1. The molecule has 0 aliphatic carbocycles. The van der Waals surface area contributed by atoms with Gasteiger partial charge in [-0.3, -0.25) is 4.79 Å². The summed E-state index contributed by atoms with van der Waals surface area (Å²) in [7, 11) is 1.59. The Bertz CT molecular complexity index is 1200. The van der Waals surface area contributed by atoms with Crippen molar-refractivity contribution in [3.63, 3.8) is 0 Å². The minimum Gasteiger partial charge on any atom is -0.507 e. The Kier molecular flexibility index (Phi) is 4.90. The van der Waals surface area contributed by atoms with Crippen molar-refractivity contribution in [1.29, 1.82) is 0 Å². The molecule has 4 aromatic rings. The summed E-state index contributed by atoms with van der Waals surface area (Å²) in [4.78, 5) is 19.7. The molecular formula is C21H17N5O3. The van der Waals surface area contributed by atoms with Crippen molar-refractivity contribution in [2.75, 3.05) is 12.4 Å². The number of fused-ring (bicyclic) bond motifs is 1. The lowest BCUT2D eigenvalue weighted by Crippen LogP contribution is -2.11. The summed E-state index contributed by atoms with van der Waals surface area (Å²) in [6.45, 7) is 0. The second-order valence-corrected chi connectivity index (χ2v) is 6.19. The lowest BCUT2D eigenvalue weighted by molar-refractivity contribution is 0.102. The van der Waals surface area contributed by atoms with Crippen LogP contribution in [0, 0.1) is 0 Å². The molecule has 8 heteroatoms. The van der Waals surface area contributed by atoms with Gasteiger partial charge in [-0.05, 0) is 60.7 Å². The predicted molar refractivity (Wildman–Crippen MR) is 109 cm³/mol. The van der Waals surface area contributed by atoms with Crippen molar-refractivity contribution >= 4 is 34.0 Å². The first kappa shape index (κ1) is 18.2. The van der Waals surface area contributed by atoms with Crippen molar-refractivity contribution in [3.05, 3.63) is 72.6 Å². The molecule has 29 heavy (non-hydrogen) atoms. The van der Waals surface area contributed by atoms with Crippen molar-refractivity contribution in [2.45, 2.75) is 0 Å². The standard InChI is InChI=1S/C21H17N5O3/c1-29-16-6-2-13(3-7-16)25-26-15-5-9-20(27)17(10-15)21(28)24-14-4-8-18-19(11-14)23-12-22-18/h2-12,27H,1H3,(H,22,23)(H,24,28). The van der Waals surface area contributed by atoms with Gasteiger partial charge in [0.15, 0.2) is 0 Å². The first-order valence-electron chi connectivity index (χ1n) is 8.76. The second kappa shape index (κ2) is 7.81. The maximum Gasteiger partial charge on any atom is 0.259 e. The van der Waals surface area contributed by atoms with Gasteiger partial charge in [0.1, 0.15) is 11.5 Å². The average Bonchev–Trinajstić information content (AvgIpc) is 3.21. The maximum atomic E-state index is 12.6. The van der Waals surface area contributed by atoms with E-state index in [9.17, 15) is 9.90 Å².